The summed E-state index contributed by atoms with van der Waals surface area (Å²) in [7, 11) is -3.82. The summed E-state index contributed by atoms with van der Waals surface area (Å²) in [6.45, 7) is 3.37. The third kappa shape index (κ3) is 3.34. The number of aryl methyl sites for hydroxylation is 1. The molecule has 1 aromatic heterocycles. The van der Waals surface area contributed by atoms with Gasteiger partial charge in [-0.05, 0) is 37.3 Å². The minimum absolute atomic E-state index is 0.0241. The number of para-hydroxylation sites is 1. The van der Waals surface area contributed by atoms with Crippen molar-refractivity contribution < 1.29 is 22.4 Å². The predicted molar refractivity (Wildman–Crippen MR) is 91.3 cm³/mol. The van der Waals surface area contributed by atoms with E-state index in [-0.39, 0.29) is 16.7 Å². The Bertz CT molecular complexity index is 890. The smallest absolute Gasteiger partial charge is 0.245 e. The van der Waals surface area contributed by atoms with Crippen molar-refractivity contribution in [1.82, 2.24) is 14.9 Å². The van der Waals surface area contributed by atoms with Gasteiger partial charge in [-0.3, -0.25) is 0 Å². The van der Waals surface area contributed by atoms with E-state index in [0.717, 1.165) is 18.4 Å². The summed E-state index contributed by atoms with van der Waals surface area (Å²) in [5.74, 6) is 1.22. The molecule has 2 aromatic rings. The highest BCUT2D eigenvalue weighted by Crippen LogP contribution is 2.35. The Hall–Kier alpha value is -1.97. The van der Waals surface area contributed by atoms with Gasteiger partial charge in [-0.1, -0.05) is 17.3 Å². The molecule has 2 aliphatic rings. The molecule has 0 radical (unpaired) electrons. The van der Waals surface area contributed by atoms with Crippen LogP contribution in [0.2, 0.25) is 0 Å². The molecule has 3 heterocycles. The summed E-state index contributed by atoms with van der Waals surface area (Å²) >= 11 is 0. The predicted octanol–water partition coefficient (Wildman–Crippen LogP) is 1.76. The molecule has 1 unspecified atom stereocenters. The highest BCUT2D eigenvalue weighted by molar-refractivity contribution is 7.89. The van der Waals surface area contributed by atoms with E-state index < -0.39 is 16.1 Å². The van der Waals surface area contributed by atoms with Crippen molar-refractivity contribution in [3.05, 3.63) is 35.5 Å². The molecule has 1 aromatic carbocycles. The standard InChI is InChI=1S/C17H21N3O5S/c1-11-18-17(25-19-11)15(12-5-8-23-9-6-12)20-26(21,22)14-4-2-3-13-7-10-24-16(13)14/h2-4,12,15,20H,5-10H2,1H3. The summed E-state index contributed by atoms with van der Waals surface area (Å²) in [6, 6.07) is 4.59. The Kier molecular flexibility index (Phi) is 4.68. The molecule has 1 N–H and O–H groups in total. The van der Waals surface area contributed by atoms with Crippen LogP contribution in [-0.2, 0) is 21.2 Å². The molecule has 9 heteroatoms. The van der Waals surface area contributed by atoms with Gasteiger partial charge in [0.05, 0.1) is 6.61 Å². The SMILES string of the molecule is Cc1noc(C(NS(=O)(=O)c2cccc3c2OCC3)C2CCOCC2)n1. The normalized spacial score (nSPS) is 19.1. The molecule has 0 amide bonds. The number of nitrogens with one attached hydrogen (secondary N) is 1. The zero-order valence-electron chi connectivity index (χ0n) is 14.5. The molecule has 140 valence electrons. The average Bonchev–Trinajstić information content (AvgIpc) is 3.29. The van der Waals surface area contributed by atoms with E-state index >= 15 is 0 Å². The van der Waals surface area contributed by atoms with Gasteiger partial charge in [-0.25, -0.2) is 8.42 Å². The lowest BCUT2D eigenvalue weighted by atomic mass is 9.92. The first-order valence-corrected chi connectivity index (χ1v) is 10.2. The van der Waals surface area contributed by atoms with E-state index in [9.17, 15) is 8.42 Å². The third-order valence-electron chi connectivity index (χ3n) is 4.80. The summed E-state index contributed by atoms with van der Waals surface area (Å²) in [4.78, 5) is 4.41. The van der Waals surface area contributed by atoms with Crippen LogP contribution in [0.3, 0.4) is 0 Å². The molecule has 2 aliphatic heterocycles. The second-order valence-corrected chi connectivity index (χ2v) is 8.25. The van der Waals surface area contributed by atoms with Crippen LogP contribution in [0.25, 0.3) is 0 Å². The number of nitrogens with zero attached hydrogens (tertiary/aromatic N) is 2. The zero-order valence-corrected chi connectivity index (χ0v) is 15.3. The van der Waals surface area contributed by atoms with Gasteiger partial charge in [0.15, 0.2) is 5.82 Å². The fourth-order valence-electron chi connectivity index (χ4n) is 3.46. The van der Waals surface area contributed by atoms with Crippen LogP contribution < -0.4 is 9.46 Å². The highest BCUT2D eigenvalue weighted by Gasteiger charge is 2.35. The van der Waals surface area contributed by atoms with Crippen LogP contribution in [0.5, 0.6) is 5.75 Å². The van der Waals surface area contributed by atoms with Gasteiger partial charge in [-0.15, -0.1) is 0 Å². The largest absolute Gasteiger partial charge is 0.492 e. The molecular weight excluding hydrogens is 358 g/mol. The number of hydrogen-bond acceptors (Lipinski definition) is 7. The van der Waals surface area contributed by atoms with E-state index in [2.05, 4.69) is 14.9 Å². The third-order valence-corrected chi connectivity index (χ3v) is 6.26. The molecule has 8 nitrogen and oxygen atoms in total. The number of benzene rings is 1. The molecule has 4 rings (SSSR count). The van der Waals surface area contributed by atoms with Gasteiger partial charge in [0.25, 0.3) is 0 Å². The van der Waals surface area contributed by atoms with Crippen molar-refractivity contribution in [2.45, 2.75) is 37.1 Å². The topological polar surface area (TPSA) is 104 Å². The van der Waals surface area contributed by atoms with E-state index in [1.807, 2.05) is 6.07 Å². The molecule has 0 saturated carbocycles. The van der Waals surface area contributed by atoms with Crippen molar-refractivity contribution in [2.24, 2.45) is 5.92 Å². The molecule has 0 bridgehead atoms. The number of fused-ring (bicyclic) bond motifs is 1. The Morgan fingerprint density at radius 3 is 2.77 bits per heavy atom. The molecule has 26 heavy (non-hydrogen) atoms. The van der Waals surface area contributed by atoms with E-state index in [4.69, 9.17) is 14.0 Å². The van der Waals surface area contributed by atoms with Crippen LogP contribution in [-0.4, -0.2) is 38.4 Å². The average molecular weight is 379 g/mol. The monoisotopic (exact) mass is 379 g/mol. The Morgan fingerprint density at radius 2 is 2.04 bits per heavy atom. The maximum Gasteiger partial charge on any atom is 0.245 e. The van der Waals surface area contributed by atoms with E-state index in [0.29, 0.717) is 37.8 Å². The molecular formula is C17H21N3O5S. The first kappa shape index (κ1) is 17.4. The molecule has 1 fully saturated rings. The Balaban J connectivity index is 1.67. The van der Waals surface area contributed by atoms with Crippen LogP contribution >= 0.6 is 0 Å². The van der Waals surface area contributed by atoms with Crippen molar-refractivity contribution in [3.63, 3.8) is 0 Å². The van der Waals surface area contributed by atoms with Gasteiger partial charge in [0.1, 0.15) is 16.7 Å². The van der Waals surface area contributed by atoms with Crippen molar-refractivity contribution in [2.75, 3.05) is 19.8 Å². The van der Waals surface area contributed by atoms with Crippen molar-refractivity contribution >= 4 is 10.0 Å². The lowest BCUT2D eigenvalue weighted by molar-refractivity contribution is 0.0522. The zero-order chi connectivity index (χ0) is 18.1. The minimum atomic E-state index is -3.82. The Morgan fingerprint density at radius 1 is 1.23 bits per heavy atom. The maximum atomic E-state index is 13.1. The first-order chi connectivity index (χ1) is 12.5. The minimum Gasteiger partial charge on any atom is -0.492 e. The maximum absolute atomic E-state index is 13.1. The van der Waals surface area contributed by atoms with E-state index in [1.165, 1.54) is 0 Å². The lowest BCUT2D eigenvalue weighted by Gasteiger charge is -2.28. The highest BCUT2D eigenvalue weighted by atomic mass is 32.2. The van der Waals surface area contributed by atoms with Gasteiger partial charge in [-0.2, -0.15) is 9.71 Å². The quantitative estimate of drug-likeness (QED) is 0.844. The number of sulfonamides is 1. The fraction of sp³-hybridized carbons (Fsp3) is 0.529. The fourth-order valence-corrected chi connectivity index (χ4v) is 4.91. The second kappa shape index (κ2) is 6.98. The summed E-state index contributed by atoms with van der Waals surface area (Å²) in [6.07, 6.45) is 2.15. The van der Waals surface area contributed by atoms with Gasteiger partial charge in [0, 0.05) is 19.6 Å². The summed E-state index contributed by atoms with van der Waals surface area (Å²) < 4.78 is 45.3. The van der Waals surface area contributed by atoms with Gasteiger partial charge >= 0.3 is 0 Å². The van der Waals surface area contributed by atoms with Gasteiger partial charge in [0.2, 0.25) is 15.9 Å². The van der Waals surface area contributed by atoms with E-state index in [1.54, 1.807) is 19.1 Å². The van der Waals surface area contributed by atoms with Crippen molar-refractivity contribution in [1.29, 1.82) is 0 Å². The number of rotatable bonds is 5. The van der Waals surface area contributed by atoms with Crippen LogP contribution in [0.15, 0.2) is 27.6 Å². The number of hydrogen-bond donors (Lipinski definition) is 1. The number of ether oxygens (including phenoxy) is 2. The Labute approximate surface area is 151 Å². The number of aromatic nitrogens is 2. The van der Waals surface area contributed by atoms with Crippen molar-refractivity contribution in [3.8, 4) is 5.75 Å². The summed E-state index contributed by atoms with van der Waals surface area (Å²) in [5.41, 5.74) is 0.907. The van der Waals surface area contributed by atoms with Gasteiger partial charge < -0.3 is 14.0 Å². The molecule has 1 atom stereocenters. The lowest BCUT2D eigenvalue weighted by Crippen LogP contribution is -2.36. The molecule has 0 aliphatic carbocycles. The molecule has 1 saturated heterocycles. The summed E-state index contributed by atoms with van der Waals surface area (Å²) in [5, 5.41) is 3.82. The molecule has 0 spiro atoms. The van der Waals surface area contributed by atoms with Crippen LogP contribution in [0.1, 0.15) is 36.2 Å². The second-order valence-electron chi connectivity index (χ2n) is 6.57. The van der Waals surface area contributed by atoms with Crippen LogP contribution in [0, 0.1) is 12.8 Å². The van der Waals surface area contributed by atoms with Crippen LogP contribution in [0.4, 0.5) is 0 Å². The first-order valence-electron chi connectivity index (χ1n) is 8.69.